The van der Waals surface area contributed by atoms with Crippen LogP contribution in [0.4, 0.5) is 0 Å². The van der Waals surface area contributed by atoms with Crippen molar-refractivity contribution in [3.05, 3.63) is 24.3 Å². The van der Waals surface area contributed by atoms with Crippen LogP contribution in [-0.2, 0) is 19.1 Å². The van der Waals surface area contributed by atoms with Crippen molar-refractivity contribution in [1.82, 2.24) is 4.90 Å². The molecule has 1 rings (SSSR count). The maximum absolute atomic E-state index is 12.7. The van der Waals surface area contributed by atoms with Crippen LogP contribution in [0.2, 0.25) is 0 Å². The number of hydrogen-bond donors (Lipinski definition) is 0. The molecule has 0 aliphatic carbocycles. The lowest BCUT2D eigenvalue weighted by molar-refractivity contribution is -0.159. The molecule has 49 heavy (non-hydrogen) atoms. The van der Waals surface area contributed by atoms with Gasteiger partial charge in [0.15, 0.2) is 0 Å². The maximum Gasteiger partial charge on any atom is 0.306 e. The van der Waals surface area contributed by atoms with E-state index in [1.54, 1.807) is 0 Å². The summed E-state index contributed by atoms with van der Waals surface area (Å²) in [5.74, 6) is -0.297. The highest BCUT2D eigenvalue weighted by Crippen LogP contribution is 2.15. The van der Waals surface area contributed by atoms with Gasteiger partial charge in [0.2, 0.25) is 0 Å². The maximum atomic E-state index is 12.7. The standard InChI is InChI=1S/C44H81NO4/c1-3-5-7-9-11-13-15-17-19-21-23-25-27-29-31-35-43(46)48-41-42(37-40-45-38-33-34-39-45)49-44(47)36-32-30-28-26-24-22-20-18-16-14-12-10-8-6-4-2/h17-20,42H,3-16,21-41H2,1-2H3. The lowest BCUT2D eigenvalue weighted by atomic mass is 10.1. The molecule has 286 valence electrons. The molecule has 1 aliphatic heterocycles. The predicted octanol–water partition coefficient (Wildman–Crippen LogP) is 13.0. The van der Waals surface area contributed by atoms with Crippen LogP contribution in [0, 0.1) is 0 Å². The molecule has 0 saturated carbocycles. The van der Waals surface area contributed by atoms with Gasteiger partial charge in [0.1, 0.15) is 12.7 Å². The number of esters is 2. The van der Waals surface area contributed by atoms with Crippen LogP contribution in [-0.4, -0.2) is 49.2 Å². The van der Waals surface area contributed by atoms with Crippen molar-refractivity contribution >= 4 is 11.9 Å². The minimum atomic E-state index is -0.339. The first-order valence-corrected chi connectivity index (χ1v) is 21.5. The largest absolute Gasteiger partial charge is 0.462 e. The van der Waals surface area contributed by atoms with E-state index in [9.17, 15) is 9.59 Å². The molecule has 1 aliphatic rings. The summed E-state index contributed by atoms with van der Waals surface area (Å²) < 4.78 is 11.5. The Kier molecular flexibility index (Phi) is 33.5. The minimum absolute atomic E-state index is 0.141. The fraction of sp³-hybridized carbons (Fsp3) is 0.864. The van der Waals surface area contributed by atoms with Crippen molar-refractivity contribution in [2.24, 2.45) is 0 Å². The molecule has 0 aromatic rings. The number of carbonyl (C=O) groups excluding carboxylic acids is 2. The summed E-state index contributed by atoms with van der Waals surface area (Å²) in [4.78, 5) is 27.6. The van der Waals surface area contributed by atoms with Crippen molar-refractivity contribution in [1.29, 1.82) is 0 Å². The number of carbonyl (C=O) groups is 2. The van der Waals surface area contributed by atoms with Crippen LogP contribution in [0.3, 0.4) is 0 Å². The topological polar surface area (TPSA) is 55.8 Å². The van der Waals surface area contributed by atoms with Crippen molar-refractivity contribution in [2.75, 3.05) is 26.2 Å². The molecule has 5 heteroatoms. The number of ether oxygens (including phenoxy) is 2. The molecule has 0 bridgehead atoms. The molecule has 0 aromatic heterocycles. The third kappa shape index (κ3) is 32.1. The Labute approximate surface area is 304 Å². The predicted molar refractivity (Wildman–Crippen MR) is 210 cm³/mol. The highest BCUT2D eigenvalue weighted by Gasteiger charge is 2.20. The van der Waals surface area contributed by atoms with Gasteiger partial charge in [-0.3, -0.25) is 9.59 Å². The molecular weight excluding hydrogens is 606 g/mol. The van der Waals surface area contributed by atoms with Gasteiger partial charge in [-0.15, -0.1) is 0 Å². The average Bonchev–Trinajstić information content (AvgIpc) is 3.63. The lowest BCUT2D eigenvalue weighted by Gasteiger charge is -2.21. The average molecular weight is 688 g/mol. The Morgan fingerprint density at radius 3 is 1.37 bits per heavy atom. The summed E-state index contributed by atoms with van der Waals surface area (Å²) in [5.41, 5.74) is 0. The molecule has 1 unspecified atom stereocenters. The van der Waals surface area contributed by atoms with E-state index in [1.807, 2.05) is 0 Å². The Morgan fingerprint density at radius 1 is 0.531 bits per heavy atom. The van der Waals surface area contributed by atoms with Gasteiger partial charge < -0.3 is 14.4 Å². The van der Waals surface area contributed by atoms with E-state index < -0.39 is 0 Å². The second kappa shape index (κ2) is 36.2. The highest BCUT2D eigenvalue weighted by molar-refractivity contribution is 5.70. The van der Waals surface area contributed by atoms with Gasteiger partial charge >= 0.3 is 11.9 Å². The number of unbranched alkanes of at least 4 members (excludes halogenated alkanes) is 22. The number of likely N-dealkylation sites (tertiary alicyclic amines) is 1. The Bertz CT molecular complexity index is 788. The van der Waals surface area contributed by atoms with E-state index in [0.29, 0.717) is 12.8 Å². The fourth-order valence-corrected chi connectivity index (χ4v) is 6.69. The monoisotopic (exact) mass is 688 g/mol. The SMILES string of the molecule is CCCCCCCCC=CCCCCCCCC(=O)OCC(CCN1CCCC1)OC(=O)CCCCCCCC=CCCCCCCCC. The molecule has 1 heterocycles. The molecule has 0 aromatic carbocycles. The zero-order valence-electron chi connectivity index (χ0n) is 32.7. The second-order valence-electron chi connectivity index (χ2n) is 14.8. The van der Waals surface area contributed by atoms with Gasteiger partial charge in [0.25, 0.3) is 0 Å². The summed E-state index contributed by atoms with van der Waals surface area (Å²) in [6.45, 7) is 7.86. The zero-order valence-corrected chi connectivity index (χ0v) is 32.7. The number of allylic oxidation sites excluding steroid dienone is 4. The summed E-state index contributed by atoms with van der Waals surface area (Å²) >= 11 is 0. The molecule has 1 saturated heterocycles. The van der Waals surface area contributed by atoms with Crippen molar-refractivity contribution < 1.29 is 19.1 Å². The van der Waals surface area contributed by atoms with E-state index in [4.69, 9.17) is 9.47 Å². The van der Waals surface area contributed by atoms with Crippen molar-refractivity contribution in [3.63, 3.8) is 0 Å². The van der Waals surface area contributed by atoms with Crippen LogP contribution in [0.25, 0.3) is 0 Å². The summed E-state index contributed by atoms with van der Waals surface area (Å²) in [6, 6.07) is 0. The summed E-state index contributed by atoms with van der Waals surface area (Å²) in [5, 5.41) is 0. The van der Waals surface area contributed by atoms with Crippen LogP contribution in [0.1, 0.15) is 213 Å². The van der Waals surface area contributed by atoms with Gasteiger partial charge in [0, 0.05) is 25.8 Å². The molecule has 0 radical (unpaired) electrons. The smallest absolute Gasteiger partial charge is 0.306 e. The normalized spacial score (nSPS) is 14.3. The first-order chi connectivity index (χ1) is 24.2. The van der Waals surface area contributed by atoms with E-state index in [0.717, 1.165) is 51.7 Å². The Hall–Kier alpha value is -1.62. The first-order valence-electron chi connectivity index (χ1n) is 21.5. The first kappa shape index (κ1) is 45.4. The van der Waals surface area contributed by atoms with Gasteiger partial charge in [-0.05, 0) is 90.1 Å². The molecule has 0 amide bonds. The number of rotatable bonds is 36. The number of nitrogens with zero attached hydrogens (tertiary/aromatic N) is 1. The third-order valence-corrected chi connectivity index (χ3v) is 9.98. The van der Waals surface area contributed by atoms with Gasteiger partial charge in [0.05, 0.1) is 0 Å². The highest BCUT2D eigenvalue weighted by atomic mass is 16.6. The quantitative estimate of drug-likeness (QED) is 0.0373. The van der Waals surface area contributed by atoms with Crippen LogP contribution >= 0.6 is 0 Å². The minimum Gasteiger partial charge on any atom is -0.462 e. The van der Waals surface area contributed by atoms with Gasteiger partial charge in [-0.25, -0.2) is 0 Å². The van der Waals surface area contributed by atoms with Crippen LogP contribution in [0.5, 0.6) is 0 Å². The molecule has 1 fully saturated rings. The van der Waals surface area contributed by atoms with E-state index >= 15 is 0 Å². The van der Waals surface area contributed by atoms with E-state index in [-0.39, 0.29) is 24.6 Å². The van der Waals surface area contributed by atoms with Gasteiger partial charge in [-0.2, -0.15) is 0 Å². The van der Waals surface area contributed by atoms with E-state index in [2.05, 4.69) is 43.1 Å². The van der Waals surface area contributed by atoms with Crippen molar-refractivity contribution in [2.45, 2.75) is 219 Å². The fourth-order valence-electron chi connectivity index (χ4n) is 6.69. The second-order valence-corrected chi connectivity index (χ2v) is 14.8. The number of hydrogen-bond acceptors (Lipinski definition) is 5. The lowest BCUT2D eigenvalue weighted by Crippen LogP contribution is -2.30. The summed E-state index contributed by atoms with van der Waals surface area (Å²) in [6.07, 6.45) is 45.6. The van der Waals surface area contributed by atoms with Crippen molar-refractivity contribution in [3.8, 4) is 0 Å². The third-order valence-electron chi connectivity index (χ3n) is 9.98. The molecular formula is C44H81NO4. The van der Waals surface area contributed by atoms with Crippen LogP contribution < -0.4 is 0 Å². The summed E-state index contributed by atoms with van der Waals surface area (Å²) in [7, 11) is 0. The Balaban J connectivity index is 2.10. The molecule has 1 atom stereocenters. The Morgan fingerprint density at radius 2 is 0.918 bits per heavy atom. The molecule has 0 spiro atoms. The molecule has 5 nitrogen and oxygen atoms in total. The van der Waals surface area contributed by atoms with Gasteiger partial charge in [-0.1, -0.05) is 141 Å². The van der Waals surface area contributed by atoms with Crippen LogP contribution in [0.15, 0.2) is 24.3 Å². The van der Waals surface area contributed by atoms with E-state index in [1.165, 1.54) is 154 Å². The zero-order chi connectivity index (χ0) is 35.3. The molecule has 0 N–H and O–H groups in total.